The number of hydrogen-bond donors (Lipinski definition) is 1. The lowest BCUT2D eigenvalue weighted by Gasteiger charge is -2.32. The second-order valence-electron chi connectivity index (χ2n) is 8.03. The van der Waals surface area contributed by atoms with Gasteiger partial charge in [0.25, 0.3) is 0 Å². The summed E-state index contributed by atoms with van der Waals surface area (Å²) in [6, 6.07) is 16.2. The lowest BCUT2D eigenvalue weighted by molar-refractivity contribution is -0.134. The van der Waals surface area contributed by atoms with E-state index >= 15 is 0 Å². The zero-order valence-electron chi connectivity index (χ0n) is 17.7. The molecule has 1 aliphatic rings. The molecule has 4 rings (SSSR count). The van der Waals surface area contributed by atoms with Gasteiger partial charge in [-0.1, -0.05) is 42.0 Å². The van der Waals surface area contributed by atoms with Crippen molar-refractivity contribution in [1.82, 2.24) is 19.7 Å². The number of hydrogen-bond acceptors (Lipinski definition) is 4. The second-order valence-corrected chi connectivity index (χ2v) is 8.03. The first-order valence-electron chi connectivity index (χ1n) is 10.7. The van der Waals surface area contributed by atoms with Gasteiger partial charge in [0.1, 0.15) is 12.7 Å². The van der Waals surface area contributed by atoms with Crippen LogP contribution < -0.4 is 5.32 Å². The van der Waals surface area contributed by atoms with Crippen LogP contribution in [0, 0.1) is 12.8 Å². The van der Waals surface area contributed by atoms with E-state index in [0.717, 1.165) is 29.7 Å². The number of rotatable bonds is 6. The van der Waals surface area contributed by atoms with Crippen LogP contribution in [0.4, 0.5) is 5.69 Å². The van der Waals surface area contributed by atoms with Gasteiger partial charge in [0, 0.05) is 25.2 Å². The van der Waals surface area contributed by atoms with E-state index in [4.69, 9.17) is 0 Å². The summed E-state index contributed by atoms with van der Waals surface area (Å²) in [5.41, 5.74) is 4.16. The van der Waals surface area contributed by atoms with E-state index in [0.29, 0.717) is 26.1 Å². The van der Waals surface area contributed by atoms with Crippen molar-refractivity contribution < 1.29 is 9.59 Å². The molecule has 1 N–H and O–H groups in total. The van der Waals surface area contributed by atoms with Crippen LogP contribution in [-0.2, 0) is 16.1 Å². The Morgan fingerprint density at radius 2 is 1.94 bits per heavy atom. The third-order valence-electron chi connectivity index (χ3n) is 5.65. The molecule has 0 bridgehead atoms. The van der Waals surface area contributed by atoms with Gasteiger partial charge in [0.05, 0.1) is 12.5 Å². The maximum Gasteiger partial charge on any atom is 0.229 e. The highest BCUT2D eigenvalue weighted by Crippen LogP contribution is 2.25. The summed E-state index contributed by atoms with van der Waals surface area (Å²) in [5.74, 6) is -0.184. The number of likely N-dealkylation sites (tertiary alicyclic amines) is 1. The molecule has 2 amide bonds. The van der Waals surface area contributed by atoms with E-state index in [1.165, 1.54) is 11.9 Å². The molecular formula is C24H27N5O2. The first-order valence-corrected chi connectivity index (χ1v) is 10.7. The van der Waals surface area contributed by atoms with Gasteiger partial charge >= 0.3 is 0 Å². The fourth-order valence-corrected chi connectivity index (χ4v) is 3.98. The van der Waals surface area contributed by atoms with Gasteiger partial charge in [-0.3, -0.25) is 14.3 Å². The minimum Gasteiger partial charge on any atom is -0.342 e. The summed E-state index contributed by atoms with van der Waals surface area (Å²) in [6.45, 7) is 3.72. The van der Waals surface area contributed by atoms with E-state index in [9.17, 15) is 9.59 Å². The molecule has 7 heteroatoms. The highest BCUT2D eigenvalue weighted by atomic mass is 16.2. The number of piperidine rings is 1. The summed E-state index contributed by atoms with van der Waals surface area (Å²) in [5, 5.41) is 7.08. The van der Waals surface area contributed by atoms with Crippen molar-refractivity contribution >= 4 is 17.5 Å². The Morgan fingerprint density at radius 1 is 1.13 bits per heavy atom. The predicted molar refractivity (Wildman–Crippen MR) is 119 cm³/mol. The SMILES string of the molecule is Cc1cccc(-c2cccc(NC(=O)C3CCCN(C(=O)CCn4cncn4)C3)c2)c1. The van der Waals surface area contributed by atoms with Crippen molar-refractivity contribution in [2.45, 2.75) is 32.7 Å². The molecule has 3 aromatic rings. The Hall–Kier alpha value is -3.48. The smallest absolute Gasteiger partial charge is 0.229 e. The Labute approximate surface area is 182 Å². The van der Waals surface area contributed by atoms with Crippen molar-refractivity contribution in [2.24, 2.45) is 5.92 Å². The molecule has 2 heterocycles. The number of amides is 2. The van der Waals surface area contributed by atoms with Crippen LogP contribution in [0.3, 0.4) is 0 Å². The average Bonchev–Trinajstić information content (AvgIpc) is 3.31. The summed E-state index contributed by atoms with van der Waals surface area (Å²) in [7, 11) is 0. The molecule has 1 aromatic heterocycles. The molecule has 1 aliphatic heterocycles. The van der Waals surface area contributed by atoms with Gasteiger partial charge in [0.2, 0.25) is 11.8 Å². The molecule has 0 spiro atoms. The highest BCUT2D eigenvalue weighted by molar-refractivity contribution is 5.93. The topological polar surface area (TPSA) is 80.1 Å². The first kappa shape index (κ1) is 20.8. The molecule has 1 fully saturated rings. The number of nitrogens with zero attached hydrogens (tertiary/aromatic N) is 4. The number of carbonyl (C=O) groups excluding carboxylic acids is 2. The molecular weight excluding hydrogens is 390 g/mol. The van der Waals surface area contributed by atoms with E-state index in [-0.39, 0.29) is 17.7 Å². The van der Waals surface area contributed by atoms with Crippen molar-refractivity contribution in [3.63, 3.8) is 0 Å². The largest absolute Gasteiger partial charge is 0.342 e. The molecule has 31 heavy (non-hydrogen) atoms. The molecule has 1 saturated heterocycles. The molecule has 0 aliphatic carbocycles. The van der Waals surface area contributed by atoms with Crippen LogP contribution in [0.25, 0.3) is 11.1 Å². The molecule has 0 radical (unpaired) electrons. The number of benzene rings is 2. The number of anilines is 1. The van der Waals surface area contributed by atoms with E-state index < -0.39 is 0 Å². The molecule has 160 valence electrons. The second kappa shape index (κ2) is 9.55. The van der Waals surface area contributed by atoms with Gasteiger partial charge in [0.15, 0.2) is 0 Å². The monoisotopic (exact) mass is 417 g/mol. The lowest BCUT2D eigenvalue weighted by Crippen LogP contribution is -2.44. The van der Waals surface area contributed by atoms with E-state index in [1.807, 2.05) is 30.3 Å². The van der Waals surface area contributed by atoms with E-state index in [1.54, 1.807) is 15.9 Å². The minimum atomic E-state index is -0.202. The Morgan fingerprint density at radius 3 is 2.71 bits per heavy atom. The summed E-state index contributed by atoms with van der Waals surface area (Å²) >= 11 is 0. The zero-order chi connectivity index (χ0) is 21.6. The van der Waals surface area contributed by atoms with Crippen LogP contribution in [-0.4, -0.2) is 44.6 Å². The number of carbonyl (C=O) groups is 2. The fraction of sp³-hybridized carbons (Fsp3) is 0.333. The van der Waals surface area contributed by atoms with Gasteiger partial charge in [-0.25, -0.2) is 4.98 Å². The van der Waals surface area contributed by atoms with Crippen molar-refractivity contribution in [3.05, 3.63) is 66.7 Å². The Balaban J connectivity index is 1.36. The molecule has 1 atom stereocenters. The third-order valence-corrected chi connectivity index (χ3v) is 5.65. The van der Waals surface area contributed by atoms with Crippen molar-refractivity contribution in [3.8, 4) is 11.1 Å². The lowest BCUT2D eigenvalue weighted by atomic mass is 9.96. The minimum absolute atomic E-state index is 0.0323. The fourth-order valence-electron chi connectivity index (χ4n) is 3.98. The number of aryl methyl sites for hydroxylation is 2. The first-order chi connectivity index (χ1) is 15.1. The van der Waals surface area contributed by atoms with Crippen molar-refractivity contribution in [2.75, 3.05) is 18.4 Å². The van der Waals surface area contributed by atoms with Gasteiger partial charge < -0.3 is 10.2 Å². The molecule has 7 nitrogen and oxygen atoms in total. The van der Waals surface area contributed by atoms with E-state index in [2.05, 4.69) is 40.5 Å². The third kappa shape index (κ3) is 5.36. The summed E-state index contributed by atoms with van der Waals surface area (Å²) < 4.78 is 1.65. The van der Waals surface area contributed by atoms with Crippen LogP contribution in [0.2, 0.25) is 0 Å². The number of aromatic nitrogens is 3. The quantitative estimate of drug-likeness (QED) is 0.665. The van der Waals surface area contributed by atoms with Crippen LogP contribution >= 0.6 is 0 Å². The molecule has 0 saturated carbocycles. The average molecular weight is 418 g/mol. The predicted octanol–water partition coefficient (Wildman–Crippen LogP) is 3.52. The van der Waals surface area contributed by atoms with Crippen molar-refractivity contribution in [1.29, 1.82) is 0 Å². The van der Waals surface area contributed by atoms with Crippen LogP contribution in [0.15, 0.2) is 61.2 Å². The zero-order valence-corrected chi connectivity index (χ0v) is 17.7. The molecule has 2 aromatic carbocycles. The summed E-state index contributed by atoms with van der Waals surface area (Å²) in [4.78, 5) is 31.2. The Kier molecular flexibility index (Phi) is 6.40. The van der Waals surface area contributed by atoms with Gasteiger partial charge in [-0.15, -0.1) is 0 Å². The standard InChI is InChI=1S/C24H27N5O2/c1-18-5-2-6-19(13-18)20-7-3-9-22(14-20)27-24(31)21-8-4-11-28(15-21)23(30)10-12-29-17-25-16-26-29/h2-3,5-7,9,13-14,16-17,21H,4,8,10-12,15H2,1H3,(H,27,31). The van der Waals surface area contributed by atoms with Crippen LogP contribution in [0.5, 0.6) is 0 Å². The maximum atomic E-state index is 12.9. The summed E-state index contributed by atoms with van der Waals surface area (Å²) in [6.07, 6.45) is 5.03. The number of nitrogens with one attached hydrogen (secondary N) is 1. The van der Waals surface area contributed by atoms with Gasteiger partial charge in [-0.2, -0.15) is 5.10 Å². The molecule has 1 unspecified atom stereocenters. The highest BCUT2D eigenvalue weighted by Gasteiger charge is 2.28. The Bertz CT molecular complexity index is 1050. The maximum absolute atomic E-state index is 12.9. The normalized spacial score (nSPS) is 16.2. The van der Waals surface area contributed by atoms with Gasteiger partial charge in [-0.05, 0) is 43.0 Å². The van der Waals surface area contributed by atoms with Crippen LogP contribution in [0.1, 0.15) is 24.8 Å².